The highest BCUT2D eigenvalue weighted by Gasteiger charge is 2.16. The monoisotopic (exact) mass is 233 g/mol. The van der Waals surface area contributed by atoms with Crippen LogP contribution < -0.4 is 5.32 Å². The number of nitrogens with one attached hydrogen (secondary N) is 1. The van der Waals surface area contributed by atoms with Gasteiger partial charge in [0.2, 0.25) is 0 Å². The minimum Gasteiger partial charge on any atom is -0.444 e. The molecule has 1 rings (SSSR count). The quantitative estimate of drug-likeness (QED) is 0.802. The fourth-order valence-electron chi connectivity index (χ4n) is 0.783. The van der Waals surface area contributed by atoms with Crippen molar-refractivity contribution in [2.75, 3.05) is 5.32 Å². The van der Waals surface area contributed by atoms with Crippen molar-refractivity contribution < 1.29 is 9.53 Å². The lowest BCUT2D eigenvalue weighted by Crippen LogP contribution is -2.26. The Bertz CT molecular complexity index is 330. The van der Waals surface area contributed by atoms with Crippen LogP contribution in [0.4, 0.5) is 9.80 Å². The molecule has 1 N–H and O–H groups in total. The topological polar surface area (TPSA) is 38.3 Å². The van der Waals surface area contributed by atoms with Crippen LogP contribution in [0.3, 0.4) is 0 Å². The van der Waals surface area contributed by atoms with Crippen LogP contribution in [0.5, 0.6) is 0 Å². The highest BCUT2D eigenvalue weighted by Crippen LogP contribution is 2.24. The Hall–Kier alpha value is -0.740. The zero-order valence-corrected chi connectivity index (χ0v) is 9.83. The Morgan fingerprint density at radius 1 is 1.57 bits per heavy atom. The van der Waals surface area contributed by atoms with Crippen molar-refractivity contribution in [3.63, 3.8) is 0 Å². The largest absolute Gasteiger partial charge is 0.444 e. The lowest BCUT2D eigenvalue weighted by atomic mass is 10.2. The van der Waals surface area contributed by atoms with Crippen LogP contribution in [0.25, 0.3) is 0 Å². The molecule has 0 spiro atoms. The van der Waals surface area contributed by atoms with Gasteiger partial charge in [-0.1, -0.05) is 11.6 Å². The second-order valence-corrected chi connectivity index (χ2v) is 5.10. The first-order chi connectivity index (χ1) is 6.37. The van der Waals surface area contributed by atoms with Gasteiger partial charge in [0.1, 0.15) is 5.60 Å². The predicted molar refractivity (Wildman–Crippen MR) is 59.2 cm³/mol. The molecule has 78 valence electrons. The minimum atomic E-state index is -0.481. The zero-order valence-electron chi connectivity index (χ0n) is 8.26. The molecule has 0 aromatic carbocycles. The van der Waals surface area contributed by atoms with Crippen molar-refractivity contribution in [2.24, 2.45) is 0 Å². The summed E-state index contributed by atoms with van der Waals surface area (Å²) in [5.41, 5.74) is -0.481. The SMILES string of the molecule is CC(C)(C)OC(=O)Nc1cc(Cl)cs1. The average molecular weight is 234 g/mol. The molecule has 0 atom stereocenters. The number of hydrogen-bond donors (Lipinski definition) is 1. The van der Waals surface area contributed by atoms with Crippen LogP contribution in [-0.4, -0.2) is 11.7 Å². The molecule has 0 unspecified atom stereocenters. The molecule has 0 aliphatic rings. The van der Waals surface area contributed by atoms with Gasteiger partial charge in [0.15, 0.2) is 0 Å². The molecule has 1 aromatic rings. The van der Waals surface area contributed by atoms with E-state index < -0.39 is 11.7 Å². The molecular formula is C9H12ClNO2S. The Morgan fingerprint density at radius 2 is 2.21 bits per heavy atom. The zero-order chi connectivity index (χ0) is 10.8. The molecule has 0 saturated carbocycles. The van der Waals surface area contributed by atoms with Gasteiger partial charge < -0.3 is 4.74 Å². The summed E-state index contributed by atoms with van der Waals surface area (Å²) in [5.74, 6) is 0. The second kappa shape index (κ2) is 4.19. The number of hydrogen-bond acceptors (Lipinski definition) is 3. The van der Waals surface area contributed by atoms with Gasteiger partial charge >= 0.3 is 6.09 Å². The number of carbonyl (C=O) groups is 1. The van der Waals surface area contributed by atoms with Crippen molar-refractivity contribution in [1.29, 1.82) is 0 Å². The van der Waals surface area contributed by atoms with E-state index >= 15 is 0 Å². The number of ether oxygens (including phenoxy) is 1. The van der Waals surface area contributed by atoms with Crippen molar-refractivity contribution in [3.8, 4) is 0 Å². The maximum absolute atomic E-state index is 11.3. The third kappa shape index (κ3) is 3.98. The second-order valence-electron chi connectivity index (χ2n) is 3.76. The highest BCUT2D eigenvalue weighted by molar-refractivity contribution is 7.14. The maximum atomic E-state index is 11.3. The number of carbonyl (C=O) groups excluding carboxylic acids is 1. The van der Waals surface area contributed by atoms with Crippen LogP contribution in [0.15, 0.2) is 11.4 Å². The highest BCUT2D eigenvalue weighted by atomic mass is 35.5. The normalized spacial score (nSPS) is 11.1. The van der Waals surface area contributed by atoms with Crippen molar-refractivity contribution in [2.45, 2.75) is 26.4 Å². The number of halogens is 1. The van der Waals surface area contributed by atoms with Gasteiger partial charge in [0.05, 0.1) is 10.0 Å². The summed E-state index contributed by atoms with van der Waals surface area (Å²) in [5, 5.41) is 5.63. The molecule has 0 aliphatic heterocycles. The minimum absolute atomic E-state index is 0.462. The van der Waals surface area contributed by atoms with E-state index in [2.05, 4.69) is 5.32 Å². The third-order valence-corrected chi connectivity index (χ3v) is 2.38. The summed E-state index contributed by atoms with van der Waals surface area (Å²) in [7, 11) is 0. The summed E-state index contributed by atoms with van der Waals surface area (Å²) in [6, 6.07) is 1.68. The van der Waals surface area contributed by atoms with Crippen LogP contribution in [-0.2, 0) is 4.74 Å². The Kier molecular flexibility index (Phi) is 3.39. The van der Waals surface area contributed by atoms with Gasteiger partial charge in [0.25, 0.3) is 0 Å². The molecule has 1 amide bonds. The van der Waals surface area contributed by atoms with Crippen LogP contribution in [0.2, 0.25) is 5.02 Å². The molecule has 0 radical (unpaired) electrons. The fraction of sp³-hybridized carbons (Fsp3) is 0.444. The molecule has 0 fully saturated rings. The number of thiophene rings is 1. The lowest BCUT2D eigenvalue weighted by molar-refractivity contribution is 0.0636. The van der Waals surface area contributed by atoms with Crippen LogP contribution in [0, 0.1) is 0 Å². The summed E-state index contributed by atoms with van der Waals surface area (Å²) >= 11 is 7.06. The van der Waals surface area contributed by atoms with Gasteiger partial charge in [-0.05, 0) is 26.8 Å². The predicted octanol–water partition coefficient (Wildman–Crippen LogP) is 3.75. The number of anilines is 1. The maximum Gasteiger partial charge on any atom is 0.412 e. The summed E-state index contributed by atoms with van der Waals surface area (Å²) in [6.07, 6.45) is -0.462. The van der Waals surface area contributed by atoms with E-state index in [1.54, 1.807) is 11.4 Å². The van der Waals surface area contributed by atoms with Crippen molar-refractivity contribution in [3.05, 3.63) is 16.5 Å². The summed E-state index contributed by atoms with van der Waals surface area (Å²) < 4.78 is 5.06. The van der Waals surface area contributed by atoms with Gasteiger partial charge in [-0.2, -0.15) is 0 Å². The molecular weight excluding hydrogens is 222 g/mol. The van der Waals surface area contributed by atoms with Crippen LogP contribution >= 0.6 is 22.9 Å². The standard InChI is InChI=1S/C9H12ClNO2S/c1-9(2,3)13-8(12)11-7-4-6(10)5-14-7/h4-5H,1-3H3,(H,11,12). The van der Waals surface area contributed by atoms with E-state index in [1.807, 2.05) is 20.8 Å². The Labute approximate surface area is 92.0 Å². The smallest absolute Gasteiger partial charge is 0.412 e. The molecule has 1 aromatic heterocycles. The fourth-order valence-corrected chi connectivity index (χ4v) is 1.74. The van der Waals surface area contributed by atoms with Gasteiger partial charge in [-0.15, -0.1) is 11.3 Å². The number of amides is 1. The van der Waals surface area contributed by atoms with E-state index in [-0.39, 0.29) is 0 Å². The van der Waals surface area contributed by atoms with Crippen molar-refractivity contribution >= 4 is 34.0 Å². The van der Waals surface area contributed by atoms with E-state index in [9.17, 15) is 4.79 Å². The first-order valence-corrected chi connectivity index (χ1v) is 5.36. The summed E-state index contributed by atoms with van der Waals surface area (Å²) in [4.78, 5) is 11.3. The van der Waals surface area contributed by atoms with E-state index in [1.165, 1.54) is 11.3 Å². The first kappa shape index (κ1) is 11.3. The number of rotatable bonds is 1. The van der Waals surface area contributed by atoms with Crippen molar-refractivity contribution in [1.82, 2.24) is 0 Å². The lowest BCUT2D eigenvalue weighted by Gasteiger charge is -2.19. The molecule has 0 aliphatic carbocycles. The first-order valence-electron chi connectivity index (χ1n) is 4.11. The van der Waals surface area contributed by atoms with Gasteiger partial charge in [-0.3, -0.25) is 5.32 Å². The third-order valence-electron chi connectivity index (χ3n) is 1.19. The molecule has 14 heavy (non-hydrogen) atoms. The molecule has 5 heteroatoms. The Balaban J connectivity index is 2.50. The van der Waals surface area contributed by atoms with E-state index in [0.29, 0.717) is 10.0 Å². The average Bonchev–Trinajstić information content (AvgIpc) is 2.30. The van der Waals surface area contributed by atoms with E-state index in [0.717, 1.165) is 0 Å². The molecule has 0 bridgehead atoms. The van der Waals surface area contributed by atoms with Crippen LogP contribution in [0.1, 0.15) is 20.8 Å². The Morgan fingerprint density at radius 3 is 2.64 bits per heavy atom. The van der Waals surface area contributed by atoms with Gasteiger partial charge in [0, 0.05) is 5.38 Å². The van der Waals surface area contributed by atoms with Gasteiger partial charge in [-0.25, -0.2) is 4.79 Å². The molecule has 0 saturated heterocycles. The molecule has 1 heterocycles. The van der Waals surface area contributed by atoms with E-state index in [4.69, 9.17) is 16.3 Å². The summed E-state index contributed by atoms with van der Waals surface area (Å²) in [6.45, 7) is 5.44. The molecule has 3 nitrogen and oxygen atoms in total.